The number of hydrogen-bond acceptors (Lipinski definition) is 6. The zero-order valence-corrected chi connectivity index (χ0v) is 24.8. The number of carbonyl (C=O) groups is 2. The van der Waals surface area contributed by atoms with Crippen LogP contribution in [0.3, 0.4) is 0 Å². The van der Waals surface area contributed by atoms with Gasteiger partial charge in [-0.15, -0.1) is 0 Å². The molecule has 1 fully saturated rings. The monoisotopic (exact) mass is 612 g/mol. The van der Waals surface area contributed by atoms with E-state index in [2.05, 4.69) is 10.6 Å². The number of hydrogen-bond donors (Lipinski definition) is 2. The third-order valence-electron chi connectivity index (χ3n) is 8.06. The highest BCUT2D eigenvalue weighted by atomic mass is 35.5. The van der Waals surface area contributed by atoms with E-state index in [1.165, 1.54) is 29.0 Å². The Bertz CT molecular complexity index is 1650. The van der Waals surface area contributed by atoms with Crippen LogP contribution < -0.4 is 26.6 Å². The molecule has 13 heteroatoms. The molecule has 5 rings (SSSR count). The maximum absolute atomic E-state index is 14.2. The summed E-state index contributed by atoms with van der Waals surface area (Å²) < 4.78 is 21.8. The molecule has 2 aliphatic rings. The lowest BCUT2D eigenvalue weighted by atomic mass is 10.0. The number of amides is 3. The molecule has 0 saturated carbocycles. The third-order valence-corrected chi connectivity index (χ3v) is 8.45. The second kappa shape index (κ2) is 13.0. The van der Waals surface area contributed by atoms with E-state index in [0.717, 1.165) is 21.6 Å². The standard InChI is InChI=1S/C30H34ClFN6O5/c1-33-11-15-38-28(40)23(22-4-3-5-24(32)27(22)31)17-36(30(38)42)18-26(39)35-12-9-20(10-13-35)37-14-8-19-16-21(43-2)6-7-25(19)34-29(37)41/h3-7,16-17,20,33H,8-15,18H2,1-2H3,(H,34,41). The van der Waals surface area contributed by atoms with Crippen LogP contribution in [0.15, 0.2) is 52.2 Å². The van der Waals surface area contributed by atoms with Gasteiger partial charge in [0.25, 0.3) is 5.56 Å². The van der Waals surface area contributed by atoms with Crippen LogP contribution in [0.5, 0.6) is 5.75 Å². The Balaban J connectivity index is 1.30. The number of methoxy groups -OCH3 is 1. The van der Waals surface area contributed by atoms with Crippen LogP contribution in [0.2, 0.25) is 5.02 Å². The molecule has 3 amide bonds. The van der Waals surface area contributed by atoms with Crippen LogP contribution in [0.25, 0.3) is 11.1 Å². The van der Waals surface area contributed by atoms with Crippen LogP contribution in [0.1, 0.15) is 18.4 Å². The van der Waals surface area contributed by atoms with Crippen molar-refractivity contribution in [2.24, 2.45) is 0 Å². The lowest BCUT2D eigenvalue weighted by Crippen LogP contribution is -2.51. The molecular formula is C30H34ClFN6O5. The van der Waals surface area contributed by atoms with Gasteiger partial charge in [0.1, 0.15) is 18.1 Å². The zero-order chi connectivity index (χ0) is 30.7. The zero-order valence-electron chi connectivity index (χ0n) is 24.1. The first-order valence-electron chi connectivity index (χ1n) is 14.2. The first kappa shape index (κ1) is 30.3. The number of urea groups is 1. The van der Waals surface area contributed by atoms with Gasteiger partial charge >= 0.3 is 11.7 Å². The van der Waals surface area contributed by atoms with E-state index in [-0.39, 0.29) is 47.2 Å². The lowest BCUT2D eigenvalue weighted by Gasteiger charge is -2.38. The van der Waals surface area contributed by atoms with Crippen molar-refractivity contribution >= 4 is 29.2 Å². The molecule has 0 aliphatic carbocycles. The quantitative estimate of drug-likeness (QED) is 0.404. The fourth-order valence-corrected chi connectivity index (χ4v) is 5.89. The van der Waals surface area contributed by atoms with E-state index in [0.29, 0.717) is 45.4 Å². The van der Waals surface area contributed by atoms with Gasteiger partial charge in [-0.25, -0.2) is 14.0 Å². The first-order chi connectivity index (χ1) is 20.7. The molecule has 11 nitrogen and oxygen atoms in total. The summed E-state index contributed by atoms with van der Waals surface area (Å²) in [6, 6.07) is 9.47. The Morgan fingerprint density at radius 1 is 1.12 bits per heavy atom. The van der Waals surface area contributed by atoms with Crippen LogP contribution in [0.4, 0.5) is 14.9 Å². The van der Waals surface area contributed by atoms with Crippen molar-refractivity contribution in [2.45, 2.75) is 38.4 Å². The molecule has 43 heavy (non-hydrogen) atoms. The number of halogens is 2. The second-order valence-corrected chi connectivity index (χ2v) is 11.0. The van der Waals surface area contributed by atoms with Gasteiger partial charge in [-0.3, -0.25) is 18.7 Å². The Morgan fingerprint density at radius 2 is 1.88 bits per heavy atom. The van der Waals surface area contributed by atoms with Gasteiger partial charge in [-0.1, -0.05) is 23.7 Å². The molecule has 0 radical (unpaired) electrons. The van der Waals surface area contributed by atoms with Gasteiger partial charge in [0.2, 0.25) is 5.91 Å². The minimum absolute atomic E-state index is 0.0255. The van der Waals surface area contributed by atoms with Crippen LogP contribution in [0, 0.1) is 5.82 Å². The fraction of sp³-hybridized carbons (Fsp3) is 0.400. The molecular weight excluding hydrogens is 579 g/mol. The summed E-state index contributed by atoms with van der Waals surface area (Å²) in [5.74, 6) is -0.259. The van der Waals surface area contributed by atoms with Crippen molar-refractivity contribution in [3.63, 3.8) is 0 Å². The SMILES string of the molecule is CNCCn1c(=O)c(-c2cccc(F)c2Cl)cn(CC(=O)N2CCC(N3CCc4cc(OC)ccc4NC3=O)CC2)c1=O. The summed E-state index contributed by atoms with van der Waals surface area (Å²) in [4.78, 5) is 56.4. The predicted molar refractivity (Wildman–Crippen MR) is 161 cm³/mol. The number of anilines is 1. The molecule has 1 saturated heterocycles. The Morgan fingerprint density at radius 3 is 2.60 bits per heavy atom. The van der Waals surface area contributed by atoms with E-state index in [1.54, 1.807) is 19.1 Å². The van der Waals surface area contributed by atoms with Crippen molar-refractivity contribution in [1.29, 1.82) is 0 Å². The number of piperidine rings is 1. The highest BCUT2D eigenvalue weighted by molar-refractivity contribution is 6.33. The van der Waals surface area contributed by atoms with Gasteiger partial charge in [-0.05, 0) is 56.1 Å². The molecule has 3 heterocycles. The topological polar surface area (TPSA) is 118 Å². The average molecular weight is 613 g/mol. The van der Waals surface area contributed by atoms with Gasteiger partial charge in [0.05, 0.1) is 17.7 Å². The van der Waals surface area contributed by atoms with Gasteiger partial charge in [0.15, 0.2) is 0 Å². The number of nitrogens with one attached hydrogen (secondary N) is 2. The summed E-state index contributed by atoms with van der Waals surface area (Å²) in [5, 5.41) is 5.66. The molecule has 0 unspecified atom stereocenters. The Kier molecular flexibility index (Phi) is 9.16. The number of rotatable bonds is 8. The van der Waals surface area contributed by atoms with Gasteiger partial charge < -0.3 is 25.2 Å². The van der Waals surface area contributed by atoms with Crippen LogP contribution in [-0.4, -0.2) is 77.3 Å². The normalized spacial score (nSPS) is 15.6. The summed E-state index contributed by atoms with van der Waals surface area (Å²) in [6.45, 7) is 1.45. The highest BCUT2D eigenvalue weighted by Crippen LogP contribution is 2.29. The van der Waals surface area contributed by atoms with Crippen LogP contribution >= 0.6 is 11.6 Å². The van der Waals surface area contributed by atoms with Gasteiger partial charge in [-0.2, -0.15) is 0 Å². The van der Waals surface area contributed by atoms with Gasteiger partial charge in [0, 0.05) is 56.2 Å². The number of likely N-dealkylation sites (tertiary alicyclic amines) is 1. The lowest BCUT2D eigenvalue weighted by molar-refractivity contribution is -0.133. The van der Waals surface area contributed by atoms with E-state index in [4.69, 9.17) is 16.3 Å². The minimum Gasteiger partial charge on any atom is -0.497 e. The van der Waals surface area contributed by atoms with Crippen molar-refractivity contribution in [2.75, 3.05) is 45.7 Å². The number of ether oxygens (including phenoxy) is 1. The number of nitrogens with zero attached hydrogens (tertiary/aromatic N) is 4. The molecule has 0 bridgehead atoms. The van der Waals surface area contributed by atoms with E-state index < -0.39 is 17.1 Å². The Labute approximate surface area is 252 Å². The minimum atomic E-state index is -0.696. The maximum Gasteiger partial charge on any atom is 0.331 e. The second-order valence-electron chi connectivity index (χ2n) is 10.6. The Hall–Kier alpha value is -4.16. The molecule has 3 aromatic rings. The fourth-order valence-electron chi connectivity index (χ4n) is 5.66. The highest BCUT2D eigenvalue weighted by Gasteiger charge is 2.32. The van der Waals surface area contributed by atoms with Crippen LogP contribution in [-0.2, 0) is 24.3 Å². The van der Waals surface area contributed by atoms with E-state index in [1.807, 2.05) is 23.1 Å². The van der Waals surface area contributed by atoms with E-state index >= 15 is 0 Å². The van der Waals surface area contributed by atoms with Crippen molar-refractivity contribution in [3.05, 3.63) is 79.8 Å². The molecule has 2 aliphatic heterocycles. The van der Waals surface area contributed by atoms with Crippen molar-refractivity contribution < 1.29 is 18.7 Å². The number of carbonyl (C=O) groups excluding carboxylic acids is 2. The van der Waals surface area contributed by atoms with Crippen molar-refractivity contribution in [3.8, 4) is 16.9 Å². The molecule has 0 atom stereocenters. The average Bonchev–Trinajstić information content (AvgIpc) is 3.17. The first-order valence-corrected chi connectivity index (χ1v) is 14.5. The molecule has 228 valence electrons. The number of aromatic nitrogens is 2. The number of fused-ring (bicyclic) bond motifs is 1. The molecule has 0 spiro atoms. The predicted octanol–water partition coefficient (Wildman–Crippen LogP) is 2.78. The van der Waals surface area contributed by atoms with E-state index in [9.17, 15) is 23.6 Å². The molecule has 2 N–H and O–H groups in total. The molecule has 2 aromatic carbocycles. The summed E-state index contributed by atoms with van der Waals surface area (Å²) >= 11 is 6.18. The molecule has 1 aromatic heterocycles. The summed E-state index contributed by atoms with van der Waals surface area (Å²) in [6.07, 6.45) is 3.12. The van der Waals surface area contributed by atoms with Crippen molar-refractivity contribution in [1.82, 2.24) is 24.3 Å². The third kappa shape index (κ3) is 6.30. The largest absolute Gasteiger partial charge is 0.497 e. The summed E-state index contributed by atoms with van der Waals surface area (Å²) in [7, 11) is 3.30. The maximum atomic E-state index is 14.2. The smallest absolute Gasteiger partial charge is 0.331 e. The number of likely N-dealkylation sites (N-methyl/N-ethyl adjacent to an activating group) is 1. The summed E-state index contributed by atoms with van der Waals surface area (Å²) in [5.41, 5.74) is 0.677. The number of benzene rings is 2.